The van der Waals surface area contributed by atoms with Crippen LogP contribution in [0, 0.1) is 10.1 Å². The van der Waals surface area contributed by atoms with Gasteiger partial charge in [-0.05, 0) is 32.3 Å². The van der Waals surface area contributed by atoms with Gasteiger partial charge in [0.2, 0.25) is 0 Å². The number of nitro benzene ring substituents is 1. The average Bonchev–Trinajstić information content (AvgIpc) is 2.81. The van der Waals surface area contributed by atoms with Crippen molar-refractivity contribution in [2.24, 2.45) is 0 Å². The summed E-state index contributed by atoms with van der Waals surface area (Å²) in [5.74, 6) is -2.04. The molecule has 0 spiro atoms. The molecular weight excluding hydrogens is 426 g/mol. The molecular formula is C24H31N3O6. The van der Waals surface area contributed by atoms with Crippen LogP contribution in [-0.4, -0.2) is 43.2 Å². The third kappa shape index (κ3) is 5.78. The maximum Gasteiger partial charge on any atom is 0.336 e. The number of dihydropyridines is 1. The monoisotopic (exact) mass is 457 g/mol. The van der Waals surface area contributed by atoms with E-state index in [4.69, 9.17) is 9.47 Å². The first-order chi connectivity index (χ1) is 15.8. The Hall–Kier alpha value is -3.20. The number of nitro groups is 1. The number of rotatable bonds is 8. The quantitative estimate of drug-likeness (QED) is 0.264. The fourth-order valence-corrected chi connectivity index (χ4v) is 4.59. The second kappa shape index (κ2) is 11.1. The summed E-state index contributed by atoms with van der Waals surface area (Å²) in [5.41, 5.74) is 1.82. The Labute approximate surface area is 193 Å². The first-order valence-corrected chi connectivity index (χ1v) is 11.2. The van der Waals surface area contributed by atoms with E-state index in [0.717, 1.165) is 12.8 Å². The average molecular weight is 458 g/mol. The molecule has 1 fully saturated rings. The smallest absolute Gasteiger partial charge is 0.336 e. The van der Waals surface area contributed by atoms with Crippen molar-refractivity contribution in [1.29, 1.82) is 0 Å². The highest BCUT2D eigenvalue weighted by Gasteiger charge is 2.38. The van der Waals surface area contributed by atoms with Gasteiger partial charge in [-0.15, -0.1) is 0 Å². The first kappa shape index (κ1) is 24.4. The standard InChI is InChI=1S/C24H31N3O6/c1-15-20(23(28)32-3)22(17-8-7-11-19(14-17)27(30)31)21(16(2)26-15)24(29)33-13-12-25-18-9-5-4-6-10-18/h7-8,11,14,18,22,25-26H,4-6,9-10,12-13H2,1-3H3. The fourth-order valence-electron chi connectivity index (χ4n) is 4.59. The van der Waals surface area contributed by atoms with Gasteiger partial charge < -0.3 is 20.1 Å². The van der Waals surface area contributed by atoms with E-state index in [1.54, 1.807) is 19.9 Å². The molecule has 3 rings (SSSR count). The van der Waals surface area contributed by atoms with Gasteiger partial charge >= 0.3 is 11.9 Å². The van der Waals surface area contributed by atoms with Gasteiger partial charge in [0.05, 0.1) is 29.1 Å². The van der Waals surface area contributed by atoms with Gasteiger partial charge in [-0.2, -0.15) is 0 Å². The lowest BCUT2D eigenvalue weighted by atomic mass is 9.80. The molecule has 1 unspecified atom stereocenters. The van der Waals surface area contributed by atoms with Gasteiger partial charge in [-0.1, -0.05) is 31.4 Å². The maximum absolute atomic E-state index is 13.2. The molecule has 1 saturated carbocycles. The van der Waals surface area contributed by atoms with Crippen molar-refractivity contribution in [3.8, 4) is 0 Å². The van der Waals surface area contributed by atoms with Crippen LogP contribution in [0.3, 0.4) is 0 Å². The molecule has 0 saturated heterocycles. The topological polar surface area (TPSA) is 120 Å². The number of ether oxygens (including phenoxy) is 2. The molecule has 0 bridgehead atoms. The van der Waals surface area contributed by atoms with E-state index >= 15 is 0 Å². The summed E-state index contributed by atoms with van der Waals surface area (Å²) in [7, 11) is 1.26. The summed E-state index contributed by atoms with van der Waals surface area (Å²) in [6.07, 6.45) is 5.94. The normalized spacial score (nSPS) is 19.2. The molecule has 1 heterocycles. The van der Waals surface area contributed by atoms with Crippen LogP contribution in [0.2, 0.25) is 0 Å². The number of benzene rings is 1. The molecule has 9 nitrogen and oxygen atoms in total. The van der Waals surface area contributed by atoms with Crippen LogP contribution >= 0.6 is 0 Å². The Bertz CT molecular complexity index is 978. The van der Waals surface area contributed by atoms with Crippen molar-refractivity contribution < 1.29 is 24.0 Å². The van der Waals surface area contributed by atoms with Crippen LogP contribution in [0.25, 0.3) is 0 Å². The highest BCUT2D eigenvalue weighted by atomic mass is 16.6. The minimum absolute atomic E-state index is 0.130. The molecule has 1 atom stereocenters. The van der Waals surface area contributed by atoms with E-state index in [1.807, 2.05) is 0 Å². The molecule has 0 radical (unpaired) electrons. The highest BCUT2D eigenvalue weighted by Crippen LogP contribution is 2.40. The number of hydrogen-bond donors (Lipinski definition) is 2. The SMILES string of the molecule is COC(=O)C1=C(C)NC(C)=C(C(=O)OCCNC2CCCCC2)C1c1cccc([N+](=O)[O-])c1. The fraction of sp³-hybridized carbons (Fsp3) is 0.500. The van der Waals surface area contributed by atoms with Crippen LogP contribution in [0.15, 0.2) is 46.8 Å². The van der Waals surface area contributed by atoms with Gasteiger partial charge in [0.25, 0.3) is 5.69 Å². The molecule has 1 aromatic carbocycles. The van der Waals surface area contributed by atoms with E-state index in [9.17, 15) is 19.7 Å². The summed E-state index contributed by atoms with van der Waals surface area (Å²) >= 11 is 0. The van der Waals surface area contributed by atoms with E-state index in [1.165, 1.54) is 44.6 Å². The van der Waals surface area contributed by atoms with Crippen LogP contribution in [0.4, 0.5) is 5.69 Å². The minimum Gasteiger partial charge on any atom is -0.466 e. The predicted octanol–water partition coefficient (Wildman–Crippen LogP) is 3.47. The number of nitrogens with zero attached hydrogens (tertiary/aromatic N) is 1. The second-order valence-corrected chi connectivity index (χ2v) is 8.40. The van der Waals surface area contributed by atoms with Crippen molar-refractivity contribution >= 4 is 17.6 Å². The van der Waals surface area contributed by atoms with Gasteiger partial charge in [0, 0.05) is 36.1 Å². The molecule has 0 amide bonds. The van der Waals surface area contributed by atoms with Crippen molar-refractivity contribution in [3.05, 3.63) is 62.5 Å². The van der Waals surface area contributed by atoms with E-state index in [-0.39, 0.29) is 23.4 Å². The lowest BCUT2D eigenvalue weighted by Gasteiger charge is -2.30. The lowest BCUT2D eigenvalue weighted by molar-refractivity contribution is -0.384. The number of esters is 2. The molecule has 0 aromatic heterocycles. The maximum atomic E-state index is 13.2. The van der Waals surface area contributed by atoms with Gasteiger partial charge in [0.1, 0.15) is 6.61 Å². The van der Waals surface area contributed by atoms with Crippen LogP contribution < -0.4 is 10.6 Å². The summed E-state index contributed by atoms with van der Waals surface area (Å²) in [4.78, 5) is 36.6. The Morgan fingerprint density at radius 3 is 2.42 bits per heavy atom. The second-order valence-electron chi connectivity index (χ2n) is 8.40. The third-order valence-electron chi connectivity index (χ3n) is 6.17. The molecule has 2 aliphatic rings. The summed E-state index contributed by atoms with van der Waals surface area (Å²) in [6, 6.07) is 6.38. The molecule has 33 heavy (non-hydrogen) atoms. The lowest BCUT2D eigenvalue weighted by Crippen LogP contribution is -2.35. The number of carbonyl (C=O) groups excluding carboxylic acids is 2. The number of nitrogens with one attached hydrogen (secondary N) is 2. The molecule has 1 aromatic rings. The molecule has 1 aliphatic heterocycles. The molecule has 1 aliphatic carbocycles. The number of hydrogen-bond acceptors (Lipinski definition) is 8. The minimum atomic E-state index is -0.850. The summed E-state index contributed by atoms with van der Waals surface area (Å²) in [6.45, 7) is 4.15. The van der Waals surface area contributed by atoms with E-state index in [2.05, 4.69) is 10.6 Å². The Morgan fingerprint density at radius 2 is 1.79 bits per heavy atom. The predicted molar refractivity (Wildman–Crippen MR) is 122 cm³/mol. The molecule has 178 valence electrons. The number of carbonyl (C=O) groups is 2. The highest BCUT2D eigenvalue weighted by molar-refractivity contribution is 5.99. The van der Waals surface area contributed by atoms with Gasteiger partial charge in [-0.25, -0.2) is 9.59 Å². The van der Waals surface area contributed by atoms with Crippen LogP contribution in [0.5, 0.6) is 0 Å². The Balaban J connectivity index is 1.84. The van der Waals surface area contributed by atoms with Gasteiger partial charge in [0.15, 0.2) is 0 Å². The van der Waals surface area contributed by atoms with Crippen molar-refractivity contribution in [2.75, 3.05) is 20.3 Å². The van der Waals surface area contributed by atoms with Gasteiger partial charge in [-0.3, -0.25) is 10.1 Å². The van der Waals surface area contributed by atoms with Crippen molar-refractivity contribution in [1.82, 2.24) is 10.6 Å². The summed E-state index contributed by atoms with van der Waals surface area (Å²) < 4.78 is 10.5. The number of allylic oxidation sites excluding steroid dienone is 2. The summed E-state index contributed by atoms with van der Waals surface area (Å²) in [5, 5.41) is 17.8. The Kier molecular flexibility index (Phi) is 8.21. The zero-order valence-corrected chi connectivity index (χ0v) is 19.3. The van der Waals surface area contributed by atoms with Crippen LogP contribution in [-0.2, 0) is 19.1 Å². The zero-order valence-electron chi connectivity index (χ0n) is 19.3. The molecule has 2 N–H and O–H groups in total. The van der Waals surface area contributed by atoms with Crippen LogP contribution in [0.1, 0.15) is 57.4 Å². The Morgan fingerprint density at radius 1 is 1.12 bits per heavy atom. The first-order valence-electron chi connectivity index (χ1n) is 11.2. The third-order valence-corrected chi connectivity index (χ3v) is 6.17. The number of methoxy groups -OCH3 is 1. The zero-order chi connectivity index (χ0) is 24.0. The van der Waals surface area contributed by atoms with Crippen molar-refractivity contribution in [2.45, 2.75) is 57.9 Å². The number of non-ortho nitro benzene ring substituents is 1. The van der Waals surface area contributed by atoms with E-state index in [0.29, 0.717) is 29.5 Å². The van der Waals surface area contributed by atoms with Crippen molar-refractivity contribution in [3.63, 3.8) is 0 Å². The molecule has 9 heteroatoms. The largest absolute Gasteiger partial charge is 0.466 e. The van der Waals surface area contributed by atoms with E-state index < -0.39 is 22.8 Å².